The van der Waals surface area contributed by atoms with Gasteiger partial charge >= 0.3 is 0 Å². The van der Waals surface area contributed by atoms with Gasteiger partial charge in [0.1, 0.15) is 0 Å². The number of benzene rings is 1. The minimum atomic E-state index is -3.43. The molecule has 0 saturated carbocycles. The molecular weight excluding hydrogens is 350 g/mol. The number of anilines is 1. The first-order valence-electron chi connectivity index (χ1n) is 7.24. The highest BCUT2D eigenvalue weighted by molar-refractivity contribution is 7.88. The number of rotatable bonds is 7. The van der Waals surface area contributed by atoms with Crippen LogP contribution in [0.1, 0.15) is 12.0 Å². The van der Waals surface area contributed by atoms with E-state index in [1.165, 1.54) is 4.31 Å². The molecule has 1 amide bonds. The molecule has 0 aliphatic carbocycles. The van der Waals surface area contributed by atoms with Crippen molar-refractivity contribution in [2.24, 2.45) is 0 Å². The average Bonchev–Trinajstić information content (AvgIpc) is 2.53. The van der Waals surface area contributed by atoms with Crippen LogP contribution in [0, 0.1) is 0 Å². The van der Waals surface area contributed by atoms with Gasteiger partial charge in [0, 0.05) is 42.6 Å². The van der Waals surface area contributed by atoms with Crippen LogP contribution in [0.3, 0.4) is 0 Å². The van der Waals surface area contributed by atoms with E-state index in [0.29, 0.717) is 10.7 Å². The minimum absolute atomic E-state index is 0.0515. The Morgan fingerprint density at radius 1 is 1.25 bits per heavy atom. The number of nitrogens with one attached hydrogen (secondary N) is 1. The summed E-state index contributed by atoms with van der Waals surface area (Å²) in [6, 6.07) is 10.2. The first-order valence-corrected chi connectivity index (χ1v) is 9.46. The number of hydrogen-bond donors (Lipinski definition) is 1. The molecule has 2 rings (SSSR count). The van der Waals surface area contributed by atoms with Crippen molar-refractivity contribution >= 4 is 33.2 Å². The molecule has 0 saturated heterocycles. The molecule has 128 valence electrons. The predicted molar refractivity (Wildman–Crippen MR) is 94.2 cm³/mol. The van der Waals surface area contributed by atoms with E-state index in [0.717, 1.165) is 11.8 Å². The molecule has 1 aromatic carbocycles. The summed E-state index contributed by atoms with van der Waals surface area (Å²) < 4.78 is 25.1. The SMILES string of the molecule is CS(=O)(=O)N(CCC(=O)Nc1ccc(Cl)cc1)Cc1cccnc1. The molecule has 8 heteroatoms. The molecule has 0 fully saturated rings. The van der Waals surface area contributed by atoms with Gasteiger partial charge in [-0.05, 0) is 35.9 Å². The van der Waals surface area contributed by atoms with Crippen LogP contribution < -0.4 is 5.32 Å². The van der Waals surface area contributed by atoms with Crippen LogP contribution in [0.5, 0.6) is 0 Å². The fourth-order valence-corrected chi connectivity index (χ4v) is 2.97. The molecule has 0 aliphatic heterocycles. The lowest BCUT2D eigenvalue weighted by atomic mass is 10.2. The van der Waals surface area contributed by atoms with Gasteiger partial charge in [-0.3, -0.25) is 9.78 Å². The quantitative estimate of drug-likeness (QED) is 0.815. The van der Waals surface area contributed by atoms with Gasteiger partial charge in [0.25, 0.3) is 0 Å². The Balaban J connectivity index is 1.95. The topological polar surface area (TPSA) is 79.4 Å². The number of carbonyl (C=O) groups excluding carboxylic acids is 1. The second kappa shape index (κ2) is 8.23. The fourth-order valence-electron chi connectivity index (χ4n) is 2.04. The normalized spacial score (nSPS) is 11.5. The van der Waals surface area contributed by atoms with Gasteiger partial charge in [0.2, 0.25) is 15.9 Å². The highest BCUT2D eigenvalue weighted by Crippen LogP contribution is 2.14. The number of nitrogens with zero attached hydrogens (tertiary/aromatic N) is 2. The smallest absolute Gasteiger partial charge is 0.225 e. The molecule has 0 unspecified atom stereocenters. The number of halogens is 1. The molecular formula is C16H18ClN3O3S. The Labute approximate surface area is 146 Å². The lowest BCUT2D eigenvalue weighted by Crippen LogP contribution is -2.32. The Hall–Kier alpha value is -1.96. The van der Waals surface area contributed by atoms with Crippen molar-refractivity contribution in [3.8, 4) is 0 Å². The van der Waals surface area contributed by atoms with Crippen molar-refractivity contribution in [1.82, 2.24) is 9.29 Å². The summed E-state index contributed by atoms with van der Waals surface area (Å²) in [7, 11) is -3.43. The largest absolute Gasteiger partial charge is 0.326 e. The summed E-state index contributed by atoms with van der Waals surface area (Å²) in [5, 5.41) is 3.28. The average molecular weight is 368 g/mol. The van der Waals surface area contributed by atoms with Crippen LogP contribution in [0.4, 0.5) is 5.69 Å². The van der Waals surface area contributed by atoms with Crippen molar-refractivity contribution in [1.29, 1.82) is 0 Å². The van der Waals surface area contributed by atoms with Crippen molar-refractivity contribution in [2.75, 3.05) is 18.1 Å². The van der Waals surface area contributed by atoms with Gasteiger partial charge in [-0.2, -0.15) is 4.31 Å². The number of carbonyl (C=O) groups is 1. The second-order valence-electron chi connectivity index (χ2n) is 5.26. The summed E-state index contributed by atoms with van der Waals surface area (Å²) in [6.07, 6.45) is 4.40. The van der Waals surface area contributed by atoms with E-state index in [1.54, 1.807) is 48.8 Å². The van der Waals surface area contributed by atoms with Crippen LogP contribution in [0.15, 0.2) is 48.8 Å². The number of sulfonamides is 1. The van der Waals surface area contributed by atoms with E-state index < -0.39 is 10.0 Å². The Morgan fingerprint density at radius 3 is 2.54 bits per heavy atom. The maximum atomic E-state index is 12.0. The van der Waals surface area contributed by atoms with Gasteiger partial charge in [-0.15, -0.1) is 0 Å². The van der Waals surface area contributed by atoms with Crippen molar-refractivity contribution in [2.45, 2.75) is 13.0 Å². The first-order chi connectivity index (χ1) is 11.3. The van der Waals surface area contributed by atoms with Gasteiger partial charge in [-0.1, -0.05) is 17.7 Å². The van der Waals surface area contributed by atoms with E-state index in [9.17, 15) is 13.2 Å². The zero-order chi connectivity index (χ0) is 17.6. The zero-order valence-corrected chi connectivity index (χ0v) is 14.7. The summed E-state index contributed by atoms with van der Waals surface area (Å²) in [6.45, 7) is 0.272. The van der Waals surface area contributed by atoms with Crippen LogP contribution in [-0.4, -0.2) is 36.4 Å². The molecule has 24 heavy (non-hydrogen) atoms. The van der Waals surface area contributed by atoms with Gasteiger partial charge in [-0.25, -0.2) is 8.42 Å². The highest BCUT2D eigenvalue weighted by Gasteiger charge is 2.18. The molecule has 0 atom stereocenters. The summed E-state index contributed by atoms with van der Waals surface area (Å²) in [5.74, 6) is -0.267. The number of aromatic nitrogens is 1. The minimum Gasteiger partial charge on any atom is -0.326 e. The molecule has 1 heterocycles. The van der Waals surface area contributed by atoms with E-state index in [2.05, 4.69) is 10.3 Å². The molecule has 2 aromatic rings. The van der Waals surface area contributed by atoms with E-state index >= 15 is 0 Å². The van der Waals surface area contributed by atoms with E-state index in [1.807, 2.05) is 0 Å². The fraction of sp³-hybridized carbons (Fsp3) is 0.250. The number of hydrogen-bond acceptors (Lipinski definition) is 4. The maximum absolute atomic E-state index is 12.0. The Bertz CT molecular complexity index is 780. The van der Waals surface area contributed by atoms with Crippen LogP contribution >= 0.6 is 11.6 Å². The second-order valence-corrected chi connectivity index (χ2v) is 7.68. The third kappa shape index (κ3) is 5.92. The first kappa shape index (κ1) is 18.4. The summed E-state index contributed by atoms with van der Waals surface area (Å²) >= 11 is 5.79. The molecule has 1 aromatic heterocycles. The number of pyridine rings is 1. The van der Waals surface area contributed by atoms with E-state index in [-0.39, 0.29) is 25.4 Å². The third-order valence-corrected chi connectivity index (χ3v) is 4.77. The predicted octanol–water partition coefficient (Wildman–Crippen LogP) is 2.53. The third-order valence-electron chi connectivity index (χ3n) is 3.27. The van der Waals surface area contributed by atoms with Crippen molar-refractivity contribution in [3.05, 3.63) is 59.4 Å². The molecule has 6 nitrogen and oxygen atoms in total. The lowest BCUT2D eigenvalue weighted by molar-refractivity contribution is -0.116. The Morgan fingerprint density at radius 2 is 1.96 bits per heavy atom. The van der Waals surface area contributed by atoms with Crippen LogP contribution in [0.25, 0.3) is 0 Å². The molecule has 0 spiro atoms. The molecule has 0 bridgehead atoms. The van der Waals surface area contributed by atoms with Crippen LogP contribution in [0.2, 0.25) is 5.02 Å². The summed E-state index contributed by atoms with van der Waals surface area (Å²) in [5.41, 5.74) is 1.38. The maximum Gasteiger partial charge on any atom is 0.225 e. The standard InChI is InChI=1S/C16H18ClN3O3S/c1-24(22,23)20(12-13-3-2-9-18-11-13)10-8-16(21)19-15-6-4-14(17)5-7-15/h2-7,9,11H,8,10,12H2,1H3,(H,19,21). The van der Waals surface area contributed by atoms with E-state index in [4.69, 9.17) is 11.6 Å². The number of amides is 1. The molecule has 0 radical (unpaired) electrons. The Kier molecular flexibility index (Phi) is 6.30. The van der Waals surface area contributed by atoms with Gasteiger partial charge in [0.05, 0.1) is 6.26 Å². The van der Waals surface area contributed by atoms with Crippen molar-refractivity contribution in [3.63, 3.8) is 0 Å². The zero-order valence-electron chi connectivity index (χ0n) is 13.1. The van der Waals surface area contributed by atoms with Gasteiger partial charge < -0.3 is 5.32 Å². The lowest BCUT2D eigenvalue weighted by Gasteiger charge is -2.19. The molecule has 1 N–H and O–H groups in total. The van der Waals surface area contributed by atoms with Crippen LogP contribution in [-0.2, 0) is 21.4 Å². The summed E-state index contributed by atoms with van der Waals surface area (Å²) in [4.78, 5) is 16.0. The highest BCUT2D eigenvalue weighted by atomic mass is 35.5. The monoisotopic (exact) mass is 367 g/mol. The van der Waals surface area contributed by atoms with Gasteiger partial charge in [0.15, 0.2) is 0 Å². The molecule has 0 aliphatic rings. The van der Waals surface area contributed by atoms with Crippen molar-refractivity contribution < 1.29 is 13.2 Å².